The maximum absolute atomic E-state index is 13.8. The van der Waals surface area contributed by atoms with Gasteiger partial charge in [-0.3, -0.25) is 29.8 Å². The van der Waals surface area contributed by atoms with E-state index >= 15 is 0 Å². The first kappa shape index (κ1) is 23.2. The molecule has 0 saturated heterocycles. The second-order valence-corrected chi connectivity index (χ2v) is 6.10. The molecule has 3 atom stereocenters. The summed E-state index contributed by atoms with van der Waals surface area (Å²) in [5, 5.41) is 44.2. The third-order valence-corrected chi connectivity index (χ3v) is 3.85. The number of nitro benzene ring substituents is 2. The molecular formula is C15H17FN4O9. The highest BCUT2D eigenvalue weighted by Gasteiger charge is 2.31. The van der Waals surface area contributed by atoms with Gasteiger partial charge in [0.1, 0.15) is 17.8 Å². The third kappa shape index (κ3) is 6.08. The second-order valence-electron chi connectivity index (χ2n) is 6.10. The smallest absolute Gasteiger partial charge is 0.326 e. The van der Waals surface area contributed by atoms with Gasteiger partial charge in [0.15, 0.2) is 0 Å². The average Bonchev–Trinajstić information content (AvgIpc) is 2.57. The van der Waals surface area contributed by atoms with Crippen molar-refractivity contribution in [1.29, 1.82) is 0 Å². The average molecular weight is 416 g/mol. The van der Waals surface area contributed by atoms with Crippen LogP contribution in [0, 0.1) is 32.0 Å². The Morgan fingerprint density at radius 2 is 1.66 bits per heavy atom. The maximum Gasteiger partial charge on any atom is 0.326 e. The number of nitro groups is 2. The van der Waals surface area contributed by atoms with Crippen molar-refractivity contribution in [2.75, 3.05) is 5.32 Å². The molecular weight excluding hydrogens is 399 g/mol. The SMILES string of the molecule is C[C@H](Nc1cc(F)c([N+](=O)[O-])cc1[N+](=O)[O-])C(=O)N[C@H](C(=O)O)[C@H](C)CC(=O)O. The number of hydrogen-bond acceptors (Lipinski definition) is 8. The largest absolute Gasteiger partial charge is 0.481 e. The van der Waals surface area contributed by atoms with Gasteiger partial charge in [-0.1, -0.05) is 6.92 Å². The molecule has 1 amide bonds. The van der Waals surface area contributed by atoms with Crippen molar-refractivity contribution < 1.29 is 38.8 Å². The molecule has 0 aliphatic carbocycles. The van der Waals surface area contributed by atoms with Crippen LogP contribution in [0.4, 0.5) is 21.5 Å². The summed E-state index contributed by atoms with van der Waals surface area (Å²) in [5.74, 6) is -6.10. The number of anilines is 1. The van der Waals surface area contributed by atoms with Gasteiger partial charge in [-0.25, -0.2) is 4.79 Å². The Balaban J connectivity index is 3.06. The Bertz CT molecular complexity index is 860. The first-order chi connectivity index (χ1) is 13.3. The minimum absolute atomic E-state index is 0.386. The van der Waals surface area contributed by atoms with Crippen molar-refractivity contribution in [1.82, 2.24) is 5.32 Å². The molecule has 0 radical (unpaired) electrons. The monoisotopic (exact) mass is 416 g/mol. The highest BCUT2D eigenvalue weighted by molar-refractivity contribution is 5.89. The fourth-order valence-corrected chi connectivity index (χ4v) is 2.38. The van der Waals surface area contributed by atoms with Crippen LogP contribution in [0.5, 0.6) is 0 Å². The predicted molar refractivity (Wildman–Crippen MR) is 93.8 cm³/mol. The molecule has 4 N–H and O–H groups in total. The van der Waals surface area contributed by atoms with Crippen LogP contribution >= 0.6 is 0 Å². The van der Waals surface area contributed by atoms with Gasteiger partial charge in [-0.15, -0.1) is 0 Å². The number of carboxylic acid groups (broad SMARTS) is 2. The summed E-state index contributed by atoms with van der Waals surface area (Å²) >= 11 is 0. The molecule has 14 heteroatoms. The lowest BCUT2D eigenvalue weighted by Gasteiger charge is -2.23. The number of hydrogen-bond donors (Lipinski definition) is 4. The number of halogens is 1. The lowest BCUT2D eigenvalue weighted by atomic mass is 9.98. The third-order valence-electron chi connectivity index (χ3n) is 3.85. The summed E-state index contributed by atoms with van der Waals surface area (Å²) in [6.07, 6.45) is -0.544. The van der Waals surface area contributed by atoms with E-state index in [4.69, 9.17) is 5.11 Å². The van der Waals surface area contributed by atoms with Crippen LogP contribution in [0.2, 0.25) is 0 Å². The van der Waals surface area contributed by atoms with Crippen LogP contribution in [0.1, 0.15) is 20.3 Å². The van der Waals surface area contributed by atoms with Crippen molar-refractivity contribution in [3.8, 4) is 0 Å². The lowest BCUT2D eigenvalue weighted by molar-refractivity contribution is -0.395. The molecule has 0 bridgehead atoms. The summed E-state index contributed by atoms with van der Waals surface area (Å²) in [6.45, 7) is 2.47. The van der Waals surface area contributed by atoms with E-state index in [0.29, 0.717) is 12.1 Å². The predicted octanol–water partition coefficient (Wildman–Crippen LogP) is 1.12. The number of benzene rings is 1. The zero-order valence-corrected chi connectivity index (χ0v) is 15.1. The fraction of sp³-hybridized carbons (Fsp3) is 0.400. The van der Waals surface area contributed by atoms with Crippen molar-refractivity contribution in [3.63, 3.8) is 0 Å². The van der Waals surface area contributed by atoms with Gasteiger partial charge >= 0.3 is 17.6 Å². The Morgan fingerprint density at radius 1 is 1.10 bits per heavy atom. The van der Waals surface area contributed by atoms with Crippen LogP contribution in [0.25, 0.3) is 0 Å². The first-order valence-electron chi connectivity index (χ1n) is 7.99. The van der Waals surface area contributed by atoms with E-state index in [2.05, 4.69) is 10.6 Å². The van der Waals surface area contributed by atoms with Gasteiger partial charge in [-0.05, 0) is 12.8 Å². The standard InChI is InChI=1S/C15H17FN4O9/c1-6(3-12(21)22)13(15(24)25)18-14(23)7(2)17-9-4-8(16)10(19(26)27)5-11(9)20(28)29/h4-7,13,17H,3H2,1-2H3,(H,18,23)(H,21,22)(H,24,25)/t6-,7+,13+/m1/s1. The molecule has 1 aromatic carbocycles. The summed E-state index contributed by atoms with van der Waals surface area (Å²) in [5.41, 5.74) is -2.54. The molecule has 0 unspecified atom stereocenters. The first-order valence-corrected chi connectivity index (χ1v) is 7.99. The van der Waals surface area contributed by atoms with E-state index < -0.39 is 75.0 Å². The zero-order chi connectivity index (χ0) is 22.5. The lowest BCUT2D eigenvalue weighted by Crippen LogP contribution is -2.50. The molecule has 0 heterocycles. The minimum Gasteiger partial charge on any atom is -0.481 e. The van der Waals surface area contributed by atoms with Crippen LogP contribution in [0.3, 0.4) is 0 Å². The Morgan fingerprint density at radius 3 is 2.10 bits per heavy atom. The zero-order valence-electron chi connectivity index (χ0n) is 15.1. The molecule has 13 nitrogen and oxygen atoms in total. The Labute approximate surface area is 161 Å². The van der Waals surface area contributed by atoms with Crippen molar-refractivity contribution in [2.24, 2.45) is 5.92 Å². The highest BCUT2D eigenvalue weighted by atomic mass is 19.1. The Kier molecular flexibility index (Phi) is 7.51. The van der Waals surface area contributed by atoms with E-state index in [-0.39, 0.29) is 0 Å². The van der Waals surface area contributed by atoms with Crippen molar-refractivity contribution in [2.45, 2.75) is 32.4 Å². The maximum atomic E-state index is 13.8. The van der Waals surface area contributed by atoms with Crippen molar-refractivity contribution in [3.05, 3.63) is 38.2 Å². The number of nitrogens with one attached hydrogen (secondary N) is 2. The molecule has 29 heavy (non-hydrogen) atoms. The second kappa shape index (κ2) is 9.38. The van der Waals surface area contributed by atoms with Crippen LogP contribution in [0.15, 0.2) is 12.1 Å². The molecule has 0 fully saturated rings. The minimum atomic E-state index is -1.56. The Hall–Kier alpha value is -3.84. The normalized spacial score (nSPS) is 13.6. The van der Waals surface area contributed by atoms with Crippen LogP contribution in [-0.2, 0) is 14.4 Å². The molecule has 0 aromatic heterocycles. The summed E-state index contributed by atoms with van der Waals surface area (Å²) in [4.78, 5) is 53.9. The molecule has 0 spiro atoms. The van der Waals surface area contributed by atoms with Gasteiger partial charge < -0.3 is 20.8 Å². The fourth-order valence-electron chi connectivity index (χ4n) is 2.38. The van der Waals surface area contributed by atoms with E-state index in [1.807, 2.05) is 0 Å². The van der Waals surface area contributed by atoms with Crippen LogP contribution < -0.4 is 10.6 Å². The summed E-state index contributed by atoms with van der Waals surface area (Å²) in [7, 11) is 0. The molecule has 158 valence electrons. The van der Waals surface area contributed by atoms with Gasteiger partial charge in [0.25, 0.3) is 5.69 Å². The molecule has 0 aliphatic heterocycles. The van der Waals surface area contributed by atoms with Gasteiger partial charge in [-0.2, -0.15) is 4.39 Å². The number of carbonyl (C=O) groups is 3. The quantitative estimate of drug-likeness (QED) is 0.316. The number of nitrogens with zero attached hydrogens (tertiary/aromatic N) is 2. The van der Waals surface area contributed by atoms with E-state index in [1.165, 1.54) is 13.8 Å². The van der Waals surface area contributed by atoms with E-state index in [1.54, 1.807) is 0 Å². The van der Waals surface area contributed by atoms with E-state index in [9.17, 15) is 44.1 Å². The summed E-state index contributed by atoms with van der Waals surface area (Å²) < 4.78 is 13.8. The van der Waals surface area contributed by atoms with E-state index in [0.717, 1.165) is 0 Å². The van der Waals surface area contributed by atoms with Gasteiger partial charge in [0, 0.05) is 6.07 Å². The number of carbonyl (C=O) groups excluding carboxylic acids is 1. The topological polar surface area (TPSA) is 202 Å². The summed E-state index contributed by atoms with van der Waals surface area (Å²) in [6, 6.07) is -2.03. The van der Waals surface area contributed by atoms with Gasteiger partial charge in [0.05, 0.1) is 22.3 Å². The number of rotatable bonds is 10. The number of aliphatic carboxylic acids is 2. The van der Waals surface area contributed by atoms with Crippen molar-refractivity contribution >= 4 is 34.9 Å². The van der Waals surface area contributed by atoms with Gasteiger partial charge in [0.2, 0.25) is 11.7 Å². The van der Waals surface area contributed by atoms with Crippen LogP contribution in [-0.4, -0.2) is 50.0 Å². The highest BCUT2D eigenvalue weighted by Crippen LogP contribution is 2.32. The molecule has 1 rings (SSSR count). The molecule has 0 saturated carbocycles. The number of amides is 1. The number of carboxylic acids is 2. The molecule has 0 aliphatic rings. The molecule has 1 aromatic rings.